The highest BCUT2D eigenvalue weighted by molar-refractivity contribution is 6.14. The van der Waals surface area contributed by atoms with Gasteiger partial charge in [-0.25, -0.2) is 0 Å². The van der Waals surface area contributed by atoms with Gasteiger partial charge in [-0.05, 0) is 67.3 Å². The van der Waals surface area contributed by atoms with Gasteiger partial charge in [-0.1, -0.05) is 23.8 Å². The number of methoxy groups -OCH3 is 1. The molecular weight excluding hydrogens is 340 g/mol. The maximum Gasteiger partial charge on any atom is 0.189 e. The molecule has 4 nitrogen and oxygen atoms in total. The Hall–Kier alpha value is -2.85. The molecule has 0 spiro atoms. The minimum Gasteiger partial charge on any atom is -0.504 e. The van der Waals surface area contributed by atoms with Gasteiger partial charge in [0.2, 0.25) is 0 Å². The van der Waals surface area contributed by atoms with Gasteiger partial charge in [0.15, 0.2) is 17.3 Å². The van der Waals surface area contributed by atoms with Crippen molar-refractivity contribution in [2.24, 2.45) is 0 Å². The molecule has 1 fully saturated rings. The quantitative estimate of drug-likeness (QED) is 0.821. The second-order valence-electron chi connectivity index (χ2n) is 6.90. The summed E-state index contributed by atoms with van der Waals surface area (Å²) in [6.07, 6.45) is 3.73. The molecule has 0 bridgehead atoms. The van der Waals surface area contributed by atoms with Crippen LogP contribution in [0.25, 0.3) is 12.2 Å². The fraction of sp³-hybridized carbons (Fsp3) is 0.261. The van der Waals surface area contributed by atoms with Crippen molar-refractivity contribution in [3.8, 4) is 11.5 Å². The highest BCUT2D eigenvalue weighted by Gasteiger charge is 2.22. The van der Waals surface area contributed by atoms with E-state index in [0.29, 0.717) is 23.5 Å². The Kier molecular flexibility index (Phi) is 5.47. The smallest absolute Gasteiger partial charge is 0.189 e. The number of phenols is 1. The van der Waals surface area contributed by atoms with Crippen molar-refractivity contribution in [3.63, 3.8) is 0 Å². The first-order chi connectivity index (χ1) is 12.9. The molecule has 140 valence electrons. The summed E-state index contributed by atoms with van der Waals surface area (Å²) >= 11 is 0. The van der Waals surface area contributed by atoms with E-state index >= 15 is 0 Å². The lowest BCUT2D eigenvalue weighted by molar-refractivity contribution is -0.114. The highest BCUT2D eigenvalue weighted by atomic mass is 16.5. The summed E-state index contributed by atoms with van der Waals surface area (Å²) in [5.41, 5.74) is 6.58. The van der Waals surface area contributed by atoms with Gasteiger partial charge in [0.25, 0.3) is 0 Å². The first-order valence-corrected chi connectivity index (χ1v) is 8.87. The summed E-state index contributed by atoms with van der Waals surface area (Å²) in [6, 6.07) is 9.22. The average molecular weight is 364 g/mol. The summed E-state index contributed by atoms with van der Waals surface area (Å²) in [5.74, 6) is 0.430. The number of Topliss-reactive ketones (excluding diaryl/α,β-unsaturated/α-hetero) is 1. The summed E-state index contributed by atoms with van der Waals surface area (Å²) < 4.78 is 10.8. The number of benzene rings is 2. The molecule has 4 heteroatoms. The molecule has 0 atom stereocenters. The van der Waals surface area contributed by atoms with Crippen molar-refractivity contribution < 1.29 is 19.4 Å². The van der Waals surface area contributed by atoms with Crippen molar-refractivity contribution >= 4 is 17.9 Å². The third kappa shape index (κ3) is 4.12. The van der Waals surface area contributed by atoms with Gasteiger partial charge < -0.3 is 14.6 Å². The van der Waals surface area contributed by atoms with Crippen LogP contribution in [0, 0.1) is 20.8 Å². The van der Waals surface area contributed by atoms with Crippen LogP contribution in [0.15, 0.2) is 41.5 Å². The van der Waals surface area contributed by atoms with Crippen LogP contribution in [0.4, 0.5) is 0 Å². The summed E-state index contributed by atoms with van der Waals surface area (Å²) in [6.45, 7) is 6.76. The maximum atomic E-state index is 12.9. The molecule has 1 N–H and O–H groups in total. The van der Waals surface area contributed by atoms with Crippen molar-refractivity contribution in [1.29, 1.82) is 0 Å². The molecule has 1 heterocycles. The zero-order valence-electron chi connectivity index (χ0n) is 16.1. The van der Waals surface area contributed by atoms with E-state index in [1.54, 1.807) is 24.3 Å². The Morgan fingerprint density at radius 1 is 1.00 bits per heavy atom. The van der Waals surface area contributed by atoms with E-state index in [2.05, 4.69) is 32.9 Å². The van der Waals surface area contributed by atoms with Gasteiger partial charge in [-0.15, -0.1) is 0 Å². The van der Waals surface area contributed by atoms with Crippen LogP contribution in [-0.4, -0.2) is 31.2 Å². The monoisotopic (exact) mass is 364 g/mol. The number of ketones is 1. The number of aromatic hydroxyl groups is 1. The second-order valence-corrected chi connectivity index (χ2v) is 6.90. The number of ether oxygens (including phenoxy) is 2. The molecule has 0 radical (unpaired) electrons. The predicted octanol–water partition coefficient (Wildman–Crippen LogP) is 4.39. The predicted molar refractivity (Wildman–Crippen MR) is 107 cm³/mol. The number of rotatable bonds is 3. The van der Waals surface area contributed by atoms with Crippen LogP contribution in [-0.2, 0) is 9.53 Å². The van der Waals surface area contributed by atoms with E-state index in [1.807, 2.05) is 6.08 Å². The number of aryl methyl sites for hydroxylation is 3. The molecular formula is C23H24O4. The van der Waals surface area contributed by atoms with Crippen LogP contribution < -0.4 is 4.74 Å². The van der Waals surface area contributed by atoms with E-state index in [0.717, 1.165) is 22.3 Å². The van der Waals surface area contributed by atoms with E-state index in [1.165, 1.54) is 12.7 Å². The molecule has 0 saturated carbocycles. The van der Waals surface area contributed by atoms with Crippen molar-refractivity contribution in [3.05, 3.63) is 69.3 Å². The van der Waals surface area contributed by atoms with E-state index in [4.69, 9.17) is 9.47 Å². The number of hydrogen-bond acceptors (Lipinski definition) is 4. The molecule has 27 heavy (non-hydrogen) atoms. The third-order valence-electron chi connectivity index (χ3n) is 4.70. The Morgan fingerprint density at radius 2 is 1.63 bits per heavy atom. The van der Waals surface area contributed by atoms with E-state index in [9.17, 15) is 9.90 Å². The first-order valence-electron chi connectivity index (χ1n) is 8.87. The van der Waals surface area contributed by atoms with Crippen LogP contribution in [0.3, 0.4) is 0 Å². The topological polar surface area (TPSA) is 55.8 Å². The number of carbonyl (C=O) groups is 1. The summed E-state index contributed by atoms with van der Waals surface area (Å²) in [4.78, 5) is 12.9. The standard InChI is InChI=1S/C23H24O4/c1-14-7-15(2)20(16(3)8-14)11-19-13-27-12-18(23(19)25)9-17-5-6-21(24)22(10-17)26-4/h5-11,24H,12-13H2,1-4H3/b18-9+,19-11+. The fourth-order valence-corrected chi connectivity index (χ4v) is 3.40. The molecule has 0 aromatic heterocycles. The minimum absolute atomic E-state index is 0.00679. The minimum atomic E-state index is -0.00679. The lowest BCUT2D eigenvalue weighted by Crippen LogP contribution is -2.22. The third-order valence-corrected chi connectivity index (χ3v) is 4.70. The summed E-state index contributed by atoms with van der Waals surface area (Å²) in [7, 11) is 1.49. The molecule has 3 rings (SSSR count). The van der Waals surface area contributed by atoms with Gasteiger partial charge in [0, 0.05) is 11.1 Å². The van der Waals surface area contributed by atoms with Crippen LogP contribution in [0.2, 0.25) is 0 Å². The zero-order valence-corrected chi connectivity index (χ0v) is 16.1. The number of phenolic OH excluding ortho intramolecular Hbond substituents is 1. The van der Waals surface area contributed by atoms with E-state index in [-0.39, 0.29) is 18.1 Å². The molecule has 1 aliphatic heterocycles. The molecule has 0 unspecified atom stereocenters. The highest BCUT2D eigenvalue weighted by Crippen LogP contribution is 2.29. The second kappa shape index (κ2) is 7.80. The Bertz CT molecular complexity index is 928. The fourth-order valence-electron chi connectivity index (χ4n) is 3.40. The largest absolute Gasteiger partial charge is 0.504 e. The van der Waals surface area contributed by atoms with Crippen LogP contribution in [0.5, 0.6) is 11.5 Å². The SMILES string of the molecule is COc1cc(/C=C2\COC/C(=C\c3c(C)cc(C)cc3C)C2=O)ccc1O. The van der Waals surface area contributed by atoms with Gasteiger partial charge in [0.05, 0.1) is 20.3 Å². The van der Waals surface area contributed by atoms with Crippen LogP contribution >= 0.6 is 0 Å². The van der Waals surface area contributed by atoms with Crippen molar-refractivity contribution in [2.75, 3.05) is 20.3 Å². The van der Waals surface area contributed by atoms with Crippen LogP contribution in [0.1, 0.15) is 27.8 Å². The normalized spacial score (nSPS) is 17.6. The van der Waals surface area contributed by atoms with Gasteiger partial charge in [-0.3, -0.25) is 4.79 Å². The average Bonchev–Trinajstić information content (AvgIpc) is 2.62. The number of carbonyl (C=O) groups excluding carboxylic acids is 1. The van der Waals surface area contributed by atoms with Gasteiger partial charge >= 0.3 is 0 Å². The Balaban J connectivity index is 1.95. The lowest BCUT2D eigenvalue weighted by Gasteiger charge is -2.18. The Morgan fingerprint density at radius 3 is 2.26 bits per heavy atom. The molecule has 1 saturated heterocycles. The zero-order chi connectivity index (χ0) is 19.6. The molecule has 0 aliphatic carbocycles. The van der Waals surface area contributed by atoms with E-state index < -0.39 is 0 Å². The number of hydrogen-bond donors (Lipinski definition) is 1. The van der Waals surface area contributed by atoms with Crippen molar-refractivity contribution in [2.45, 2.75) is 20.8 Å². The summed E-state index contributed by atoms with van der Waals surface area (Å²) in [5, 5.41) is 9.72. The van der Waals surface area contributed by atoms with Gasteiger partial charge in [0.1, 0.15) is 0 Å². The maximum absolute atomic E-state index is 12.9. The van der Waals surface area contributed by atoms with Crippen molar-refractivity contribution in [1.82, 2.24) is 0 Å². The molecule has 0 amide bonds. The first kappa shape index (κ1) is 18.9. The molecule has 2 aromatic carbocycles. The van der Waals surface area contributed by atoms with Gasteiger partial charge in [-0.2, -0.15) is 0 Å². The molecule has 1 aliphatic rings. The lowest BCUT2D eigenvalue weighted by atomic mass is 9.94. The molecule has 2 aromatic rings. The Labute approximate surface area is 159 Å².